The average molecular weight is 860 g/mol. The Hall–Kier alpha value is -8.78. The Kier molecular flexibility index (Phi) is 7.77. The van der Waals surface area contributed by atoms with E-state index in [4.69, 9.17) is 0 Å². The fourth-order valence-corrected chi connectivity index (χ4v) is 12.7. The number of hydrogen-bond donors (Lipinski definition) is 0. The molecule has 68 heavy (non-hydrogen) atoms. The van der Waals surface area contributed by atoms with Crippen LogP contribution in [0.4, 0.5) is 17.1 Å². The Morgan fingerprint density at radius 3 is 1.28 bits per heavy atom. The highest BCUT2D eigenvalue weighted by molar-refractivity contribution is 6.15. The van der Waals surface area contributed by atoms with Crippen LogP contribution in [0.5, 0.6) is 0 Å². The predicted molar refractivity (Wildman–Crippen MR) is 283 cm³/mol. The van der Waals surface area contributed by atoms with Crippen LogP contribution in [0.25, 0.3) is 100 Å². The summed E-state index contributed by atoms with van der Waals surface area (Å²) in [6.45, 7) is 0. The molecule has 0 radical (unpaired) electrons. The van der Waals surface area contributed by atoms with Crippen LogP contribution in [0.3, 0.4) is 0 Å². The van der Waals surface area contributed by atoms with Crippen LogP contribution in [-0.2, 0) is 5.41 Å². The Morgan fingerprint density at radius 2 is 0.647 bits per heavy atom. The summed E-state index contributed by atoms with van der Waals surface area (Å²) in [6.07, 6.45) is 0. The summed E-state index contributed by atoms with van der Waals surface area (Å²) in [5.41, 5.74) is 31.3. The highest BCUT2D eigenvalue weighted by Crippen LogP contribution is 2.64. The minimum Gasteiger partial charge on any atom is -0.310 e. The summed E-state index contributed by atoms with van der Waals surface area (Å²) in [6, 6.07) is 93.2. The van der Waals surface area contributed by atoms with Gasteiger partial charge in [0, 0.05) is 16.9 Å². The molecule has 0 N–H and O–H groups in total. The largest absolute Gasteiger partial charge is 0.310 e. The molecule has 0 fully saturated rings. The van der Waals surface area contributed by atoms with Gasteiger partial charge in [0.25, 0.3) is 0 Å². The van der Waals surface area contributed by atoms with Gasteiger partial charge in [-0.05, 0) is 153 Å². The van der Waals surface area contributed by atoms with Crippen molar-refractivity contribution in [2.75, 3.05) is 4.90 Å². The van der Waals surface area contributed by atoms with E-state index in [1.54, 1.807) is 0 Å². The molecule has 0 heterocycles. The molecule has 4 aliphatic rings. The number of anilines is 3. The van der Waals surface area contributed by atoms with Gasteiger partial charge in [-0.25, -0.2) is 0 Å². The second-order valence-electron chi connectivity index (χ2n) is 18.6. The Morgan fingerprint density at radius 1 is 0.221 bits per heavy atom. The SMILES string of the molecule is c1ccc(-c2ccccc2N(c2ccc(-c3ccc4c(c3)-c3c5cccc3-c3cccc-4c3-c3ccccc3-5)cc2)c2ccc3c(c2)C2(c4ccccc4-c4ccccc42)c2ccccc2-3)cc1. The molecule has 0 aromatic heterocycles. The molecule has 314 valence electrons. The molecule has 11 aromatic rings. The van der Waals surface area contributed by atoms with Gasteiger partial charge in [0.05, 0.1) is 11.1 Å². The van der Waals surface area contributed by atoms with Crippen molar-refractivity contribution in [2.24, 2.45) is 0 Å². The van der Waals surface area contributed by atoms with Crippen molar-refractivity contribution < 1.29 is 0 Å². The summed E-state index contributed by atoms with van der Waals surface area (Å²) < 4.78 is 0. The lowest BCUT2D eigenvalue weighted by Crippen LogP contribution is -2.26. The van der Waals surface area contributed by atoms with E-state index in [1.807, 2.05) is 0 Å². The monoisotopic (exact) mass is 859 g/mol. The number of hydrogen-bond acceptors (Lipinski definition) is 1. The molecule has 0 saturated heterocycles. The summed E-state index contributed by atoms with van der Waals surface area (Å²) >= 11 is 0. The first kappa shape index (κ1) is 37.4. The number of para-hydroxylation sites is 1. The first-order valence-electron chi connectivity index (χ1n) is 23.8. The fraction of sp³-hybridized carbons (Fsp3) is 0.0149. The zero-order valence-corrected chi connectivity index (χ0v) is 37.1. The summed E-state index contributed by atoms with van der Waals surface area (Å²) in [5.74, 6) is 0. The maximum absolute atomic E-state index is 2.50. The van der Waals surface area contributed by atoms with Crippen molar-refractivity contribution in [3.63, 3.8) is 0 Å². The highest BCUT2D eigenvalue weighted by atomic mass is 15.1. The minimum atomic E-state index is -0.447. The van der Waals surface area contributed by atoms with E-state index >= 15 is 0 Å². The summed E-state index contributed by atoms with van der Waals surface area (Å²) in [4.78, 5) is 2.48. The molecular weight excluding hydrogens is 819 g/mol. The third-order valence-corrected chi connectivity index (χ3v) is 15.4. The van der Waals surface area contributed by atoms with E-state index in [-0.39, 0.29) is 0 Å². The molecule has 11 aromatic carbocycles. The fourth-order valence-electron chi connectivity index (χ4n) is 12.7. The van der Waals surface area contributed by atoms with Crippen molar-refractivity contribution in [1.29, 1.82) is 0 Å². The van der Waals surface area contributed by atoms with Gasteiger partial charge in [0.15, 0.2) is 0 Å². The zero-order chi connectivity index (χ0) is 44.5. The number of rotatable bonds is 5. The van der Waals surface area contributed by atoms with Gasteiger partial charge < -0.3 is 4.90 Å². The van der Waals surface area contributed by atoms with Crippen LogP contribution < -0.4 is 4.90 Å². The second-order valence-corrected chi connectivity index (χ2v) is 18.6. The zero-order valence-electron chi connectivity index (χ0n) is 37.1. The van der Waals surface area contributed by atoms with E-state index in [2.05, 4.69) is 254 Å². The third-order valence-electron chi connectivity index (χ3n) is 15.4. The van der Waals surface area contributed by atoms with Gasteiger partial charge in [-0.3, -0.25) is 0 Å². The lowest BCUT2D eigenvalue weighted by Gasteiger charge is -2.32. The average Bonchev–Trinajstić information content (AvgIpc) is 3.84. The Balaban J connectivity index is 0.914. The lowest BCUT2D eigenvalue weighted by molar-refractivity contribution is 0.793. The predicted octanol–water partition coefficient (Wildman–Crippen LogP) is 17.8. The van der Waals surface area contributed by atoms with E-state index in [9.17, 15) is 0 Å². The molecule has 4 aliphatic carbocycles. The lowest BCUT2D eigenvalue weighted by atomic mass is 9.70. The van der Waals surface area contributed by atoms with Gasteiger partial charge in [-0.15, -0.1) is 0 Å². The van der Waals surface area contributed by atoms with Crippen molar-refractivity contribution in [3.05, 3.63) is 271 Å². The minimum absolute atomic E-state index is 0.447. The maximum atomic E-state index is 2.50. The standard InChI is InChI=1S/C67H41N/c1-2-16-43(17-3-1)47-18-9-13-31-64(47)68(46-37-39-53-52-22-8-12-30-62(52)67(63(53)41-46)60-28-10-6-20-50(60)51-21-7-11-29-61(51)67)45-35-32-42(33-36-45)44-34-38-49-56-25-15-26-57-58-27-14-24-55(66(58)59(49)40-44)48-19-4-5-23-54(48)65(56)57/h1-41H. The molecule has 1 spiro atoms. The van der Waals surface area contributed by atoms with Crippen LogP contribution in [-0.4, -0.2) is 0 Å². The van der Waals surface area contributed by atoms with Crippen LogP contribution in [0.1, 0.15) is 22.3 Å². The molecule has 0 saturated carbocycles. The normalized spacial score (nSPS) is 13.1. The van der Waals surface area contributed by atoms with Gasteiger partial charge in [-0.2, -0.15) is 0 Å². The second kappa shape index (κ2) is 14.1. The van der Waals surface area contributed by atoms with Gasteiger partial charge in [-0.1, -0.05) is 212 Å². The van der Waals surface area contributed by atoms with Gasteiger partial charge in [0.1, 0.15) is 0 Å². The molecule has 1 nitrogen and oxygen atoms in total. The molecule has 15 rings (SSSR count). The molecule has 0 unspecified atom stereocenters. The van der Waals surface area contributed by atoms with E-state index < -0.39 is 5.41 Å². The van der Waals surface area contributed by atoms with Crippen molar-refractivity contribution in [3.8, 4) is 100 Å². The smallest absolute Gasteiger partial charge is 0.0726 e. The number of benzene rings is 11. The maximum Gasteiger partial charge on any atom is 0.0726 e. The Labute approximate surface area is 396 Å². The summed E-state index contributed by atoms with van der Waals surface area (Å²) in [7, 11) is 0. The molecule has 0 atom stereocenters. The quantitative estimate of drug-likeness (QED) is 0.167. The van der Waals surface area contributed by atoms with Crippen LogP contribution in [0.2, 0.25) is 0 Å². The van der Waals surface area contributed by atoms with Gasteiger partial charge >= 0.3 is 0 Å². The van der Waals surface area contributed by atoms with E-state index in [1.165, 1.54) is 122 Å². The summed E-state index contributed by atoms with van der Waals surface area (Å²) in [5, 5.41) is 0. The molecule has 0 aliphatic heterocycles. The first-order valence-corrected chi connectivity index (χ1v) is 23.8. The van der Waals surface area contributed by atoms with Crippen molar-refractivity contribution in [2.45, 2.75) is 5.41 Å². The Bertz CT molecular complexity index is 3830. The molecule has 0 amide bonds. The highest BCUT2D eigenvalue weighted by Gasteiger charge is 2.51. The van der Waals surface area contributed by atoms with E-state index in [0.717, 1.165) is 17.1 Å². The molecular formula is C67H41N. The first-order chi connectivity index (χ1) is 33.8. The van der Waals surface area contributed by atoms with Crippen LogP contribution in [0.15, 0.2) is 249 Å². The van der Waals surface area contributed by atoms with Gasteiger partial charge in [0.2, 0.25) is 0 Å². The topological polar surface area (TPSA) is 3.24 Å². The van der Waals surface area contributed by atoms with E-state index in [0.29, 0.717) is 0 Å². The number of nitrogens with zero attached hydrogens (tertiary/aromatic N) is 1. The number of fused-ring (bicyclic) bond motifs is 14. The van der Waals surface area contributed by atoms with Crippen LogP contribution >= 0.6 is 0 Å². The van der Waals surface area contributed by atoms with Crippen LogP contribution in [0, 0.1) is 0 Å². The van der Waals surface area contributed by atoms with Crippen molar-refractivity contribution >= 4 is 17.1 Å². The van der Waals surface area contributed by atoms with Crippen molar-refractivity contribution in [1.82, 2.24) is 0 Å². The third kappa shape index (κ3) is 5.00. The molecule has 6 bridgehead atoms. The molecule has 1 heteroatoms.